The minimum absolute atomic E-state index is 0.155. The van der Waals surface area contributed by atoms with E-state index in [9.17, 15) is 8.42 Å². The predicted octanol–water partition coefficient (Wildman–Crippen LogP) is 2.68. The first-order chi connectivity index (χ1) is 14.9. The molecule has 31 heavy (non-hydrogen) atoms. The summed E-state index contributed by atoms with van der Waals surface area (Å²) >= 11 is 0. The number of sulfonamides is 1. The number of imidazole rings is 1. The number of piperidine rings is 1. The number of hydrogen-bond donors (Lipinski definition) is 2. The summed E-state index contributed by atoms with van der Waals surface area (Å²) in [7, 11) is -3.41. The van der Waals surface area contributed by atoms with E-state index >= 15 is 0 Å². The molecule has 0 aliphatic carbocycles. The summed E-state index contributed by atoms with van der Waals surface area (Å²) < 4.78 is 30.1. The summed E-state index contributed by atoms with van der Waals surface area (Å²) in [6.07, 6.45) is 6.56. The van der Waals surface area contributed by atoms with Gasteiger partial charge in [0.05, 0.1) is 29.6 Å². The van der Waals surface area contributed by atoms with Gasteiger partial charge in [-0.3, -0.25) is 0 Å². The molecular formula is C21H29N7O2S. The van der Waals surface area contributed by atoms with Crippen LogP contribution >= 0.6 is 0 Å². The average Bonchev–Trinajstić information content (AvgIpc) is 3.40. The third-order valence-electron chi connectivity index (χ3n) is 6.31. The Morgan fingerprint density at radius 2 is 2.16 bits per heavy atom. The first kappa shape index (κ1) is 21.7. The van der Waals surface area contributed by atoms with Crippen LogP contribution in [0.4, 0.5) is 0 Å². The molecule has 166 valence electrons. The molecule has 0 amide bonds. The Bertz CT molecular complexity index is 1200. The van der Waals surface area contributed by atoms with Gasteiger partial charge in [-0.1, -0.05) is 6.92 Å². The lowest BCUT2D eigenvalue weighted by Gasteiger charge is -2.33. The van der Waals surface area contributed by atoms with E-state index in [0.29, 0.717) is 18.7 Å². The maximum Gasteiger partial charge on any atom is 0.214 e. The zero-order valence-electron chi connectivity index (χ0n) is 18.0. The lowest BCUT2D eigenvalue weighted by molar-refractivity contribution is 0.190. The number of nitrogens with one attached hydrogen (secondary N) is 2. The maximum absolute atomic E-state index is 12.6. The second-order valence-electron chi connectivity index (χ2n) is 8.20. The number of aromatic amines is 1. The van der Waals surface area contributed by atoms with Gasteiger partial charge in [0, 0.05) is 43.7 Å². The lowest BCUT2D eigenvalue weighted by Crippen LogP contribution is -2.36. The van der Waals surface area contributed by atoms with Gasteiger partial charge in [0.25, 0.3) is 0 Å². The fraction of sp³-hybridized carbons (Fsp3) is 0.571. The lowest BCUT2D eigenvalue weighted by atomic mass is 10.0. The quantitative estimate of drug-likeness (QED) is 0.552. The molecule has 2 N–H and O–H groups in total. The minimum Gasteiger partial charge on any atom is -0.346 e. The van der Waals surface area contributed by atoms with Gasteiger partial charge < -0.3 is 14.5 Å². The highest BCUT2D eigenvalue weighted by molar-refractivity contribution is 7.90. The third-order valence-corrected chi connectivity index (χ3v) is 8.24. The van der Waals surface area contributed by atoms with E-state index < -0.39 is 15.3 Å². The number of fused-ring (bicyclic) bond motifs is 3. The molecule has 0 spiro atoms. The van der Waals surface area contributed by atoms with Crippen LogP contribution in [0.15, 0.2) is 18.5 Å². The van der Waals surface area contributed by atoms with Crippen molar-refractivity contribution >= 4 is 32.1 Å². The highest BCUT2D eigenvalue weighted by Crippen LogP contribution is 2.32. The van der Waals surface area contributed by atoms with Crippen molar-refractivity contribution in [3.05, 3.63) is 24.3 Å². The van der Waals surface area contributed by atoms with E-state index in [-0.39, 0.29) is 12.6 Å². The Balaban J connectivity index is 1.69. The Kier molecular flexibility index (Phi) is 6.27. The van der Waals surface area contributed by atoms with Gasteiger partial charge in [0.1, 0.15) is 17.0 Å². The molecule has 3 aromatic heterocycles. The van der Waals surface area contributed by atoms with Crippen molar-refractivity contribution in [3.8, 4) is 6.07 Å². The Hall–Kier alpha value is -2.48. The molecule has 0 saturated carbocycles. The smallest absolute Gasteiger partial charge is 0.214 e. The number of rotatable bonds is 8. The first-order valence-corrected chi connectivity index (χ1v) is 12.4. The molecule has 4 heterocycles. The summed E-state index contributed by atoms with van der Waals surface area (Å²) in [5.74, 6) is 0.716. The molecule has 0 radical (unpaired) electrons. The van der Waals surface area contributed by atoms with E-state index in [2.05, 4.69) is 30.2 Å². The van der Waals surface area contributed by atoms with Crippen molar-refractivity contribution in [2.24, 2.45) is 0 Å². The second kappa shape index (κ2) is 8.94. The molecular weight excluding hydrogens is 414 g/mol. The summed E-state index contributed by atoms with van der Waals surface area (Å²) in [5, 5.41) is 9.40. The Morgan fingerprint density at radius 3 is 2.87 bits per heavy atom. The molecule has 1 aliphatic heterocycles. The SMILES string of the molecule is CCC(C)S(=O)(=O)NCc1nc2cnc3[nH]ccc3c2n1C1CCN(CCC#N)CC1. The van der Waals surface area contributed by atoms with Gasteiger partial charge in [-0.25, -0.2) is 23.1 Å². The number of likely N-dealkylation sites (tertiary alicyclic amines) is 1. The number of hydrogen-bond acceptors (Lipinski definition) is 6. The molecule has 1 fully saturated rings. The molecule has 1 aliphatic rings. The number of nitrogens with zero attached hydrogens (tertiary/aromatic N) is 5. The number of nitriles is 1. The van der Waals surface area contributed by atoms with Crippen LogP contribution in [0.5, 0.6) is 0 Å². The van der Waals surface area contributed by atoms with Gasteiger partial charge in [-0.15, -0.1) is 0 Å². The van der Waals surface area contributed by atoms with E-state index in [0.717, 1.165) is 54.5 Å². The summed E-state index contributed by atoms with van der Waals surface area (Å²) in [6, 6.07) is 4.43. The van der Waals surface area contributed by atoms with Crippen molar-refractivity contribution in [1.82, 2.24) is 29.1 Å². The second-order valence-corrected chi connectivity index (χ2v) is 10.4. The van der Waals surface area contributed by atoms with Crippen LogP contribution < -0.4 is 4.72 Å². The highest BCUT2D eigenvalue weighted by atomic mass is 32.2. The monoisotopic (exact) mass is 443 g/mol. The minimum atomic E-state index is -3.41. The van der Waals surface area contributed by atoms with Gasteiger partial charge >= 0.3 is 0 Å². The first-order valence-electron chi connectivity index (χ1n) is 10.8. The summed E-state index contributed by atoms with van der Waals surface area (Å²) in [4.78, 5) is 14.7. The van der Waals surface area contributed by atoms with Crippen molar-refractivity contribution in [3.63, 3.8) is 0 Å². The van der Waals surface area contributed by atoms with Crippen molar-refractivity contribution in [1.29, 1.82) is 5.26 Å². The van der Waals surface area contributed by atoms with Crippen molar-refractivity contribution < 1.29 is 8.42 Å². The zero-order chi connectivity index (χ0) is 22.0. The van der Waals surface area contributed by atoms with Gasteiger partial charge in [-0.05, 0) is 32.3 Å². The third kappa shape index (κ3) is 4.31. The maximum atomic E-state index is 12.6. The summed E-state index contributed by atoms with van der Waals surface area (Å²) in [6.45, 7) is 6.35. The zero-order valence-corrected chi connectivity index (χ0v) is 18.8. The fourth-order valence-corrected chi connectivity index (χ4v) is 5.35. The van der Waals surface area contributed by atoms with Crippen LogP contribution in [0, 0.1) is 11.3 Å². The number of H-pyrrole nitrogens is 1. The van der Waals surface area contributed by atoms with E-state index in [1.54, 1.807) is 13.1 Å². The molecule has 1 atom stereocenters. The number of pyridine rings is 1. The fourth-order valence-electron chi connectivity index (χ4n) is 4.29. The van der Waals surface area contributed by atoms with Crippen molar-refractivity contribution in [2.75, 3.05) is 19.6 Å². The van der Waals surface area contributed by atoms with Crippen molar-refractivity contribution in [2.45, 2.75) is 57.4 Å². The molecule has 1 saturated heterocycles. The van der Waals surface area contributed by atoms with E-state index in [1.807, 2.05) is 19.2 Å². The predicted molar refractivity (Wildman–Crippen MR) is 120 cm³/mol. The van der Waals surface area contributed by atoms with E-state index in [4.69, 9.17) is 10.2 Å². The van der Waals surface area contributed by atoms with Crippen LogP contribution in [0.25, 0.3) is 22.1 Å². The molecule has 9 nitrogen and oxygen atoms in total. The van der Waals surface area contributed by atoms with Crippen LogP contribution in [-0.2, 0) is 16.6 Å². The Morgan fingerprint density at radius 1 is 1.39 bits per heavy atom. The Labute approximate surface area is 182 Å². The van der Waals surface area contributed by atoms with Crippen LogP contribution in [-0.4, -0.2) is 57.7 Å². The largest absolute Gasteiger partial charge is 0.346 e. The molecule has 4 rings (SSSR count). The molecule has 1 unspecified atom stereocenters. The normalized spacial score (nSPS) is 17.3. The highest BCUT2D eigenvalue weighted by Gasteiger charge is 2.27. The molecule has 0 bridgehead atoms. The standard InChI is InChI=1S/C21H29N7O2S/c1-3-15(2)31(29,30)25-14-19-26-18-13-24-21-17(5-9-23-21)20(18)28(19)16-6-11-27(12-7-16)10-4-8-22/h5,9,13,15-16,25H,3-4,6-7,10-12,14H2,1-2H3,(H,23,24). The topological polar surface area (TPSA) is 120 Å². The summed E-state index contributed by atoms with van der Waals surface area (Å²) in [5.41, 5.74) is 2.57. The molecule has 10 heteroatoms. The van der Waals surface area contributed by atoms with Crippen LogP contribution in [0.2, 0.25) is 0 Å². The molecule has 0 aromatic carbocycles. The molecule has 3 aromatic rings. The van der Waals surface area contributed by atoms with Crippen LogP contribution in [0.1, 0.15) is 51.4 Å². The van der Waals surface area contributed by atoms with Gasteiger partial charge in [-0.2, -0.15) is 5.26 Å². The van der Waals surface area contributed by atoms with E-state index in [1.165, 1.54) is 0 Å². The van der Waals surface area contributed by atoms with Crippen LogP contribution in [0.3, 0.4) is 0 Å². The average molecular weight is 444 g/mol. The van der Waals surface area contributed by atoms with Gasteiger partial charge in [0.2, 0.25) is 10.0 Å². The van der Waals surface area contributed by atoms with Gasteiger partial charge in [0.15, 0.2) is 0 Å². The number of aromatic nitrogens is 4.